The summed E-state index contributed by atoms with van der Waals surface area (Å²) in [7, 11) is 0. The minimum atomic E-state index is -0.135. The monoisotopic (exact) mass is 367 g/mol. The van der Waals surface area contributed by atoms with E-state index in [2.05, 4.69) is 5.10 Å². The molecule has 5 nitrogen and oxygen atoms in total. The third kappa shape index (κ3) is 3.23. The van der Waals surface area contributed by atoms with Gasteiger partial charge >= 0.3 is 0 Å². The fourth-order valence-electron chi connectivity index (χ4n) is 2.83. The highest BCUT2D eigenvalue weighted by atomic mass is 35.5. The predicted octanol–water partition coefficient (Wildman–Crippen LogP) is 4.20. The van der Waals surface area contributed by atoms with Crippen molar-refractivity contribution < 1.29 is 9.53 Å². The highest BCUT2D eigenvalue weighted by Crippen LogP contribution is 2.29. The molecule has 1 amide bonds. The maximum absolute atomic E-state index is 12.9. The number of aromatic nitrogens is 2. The van der Waals surface area contributed by atoms with Crippen molar-refractivity contribution in [1.82, 2.24) is 14.7 Å². The summed E-state index contributed by atoms with van der Waals surface area (Å²) in [6.07, 6.45) is 0.849. The molecule has 0 aliphatic carbocycles. The van der Waals surface area contributed by atoms with Crippen LogP contribution in [0, 0.1) is 0 Å². The molecule has 0 bridgehead atoms. The van der Waals surface area contributed by atoms with Crippen molar-refractivity contribution >= 4 is 29.1 Å². The highest BCUT2D eigenvalue weighted by Gasteiger charge is 2.27. The number of amides is 1. The van der Waals surface area contributed by atoms with E-state index in [0.29, 0.717) is 41.3 Å². The lowest BCUT2D eigenvalue weighted by Gasteiger charge is -2.29. The number of hydrogen-bond donors (Lipinski definition) is 0. The zero-order valence-electron chi connectivity index (χ0n) is 13.6. The van der Waals surface area contributed by atoms with Crippen LogP contribution in [-0.2, 0) is 6.54 Å². The summed E-state index contributed by atoms with van der Waals surface area (Å²) in [5.74, 6) is 0.540. The SMILES string of the molecule is CCCN(C(=O)c1cc2n(n1)CCO2)C(C)c1ccc(Cl)c(Cl)c1. The van der Waals surface area contributed by atoms with Crippen LogP contribution >= 0.6 is 23.2 Å². The van der Waals surface area contributed by atoms with Crippen molar-refractivity contribution in [3.8, 4) is 5.88 Å². The van der Waals surface area contributed by atoms with E-state index in [9.17, 15) is 4.79 Å². The van der Waals surface area contributed by atoms with E-state index < -0.39 is 0 Å². The van der Waals surface area contributed by atoms with Crippen molar-refractivity contribution in [3.63, 3.8) is 0 Å². The normalized spacial score (nSPS) is 14.2. The van der Waals surface area contributed by atoms with E-state index in [0.717, 1.165) is 12.0 Å². The van der Waals surface area contributed by atoms with Gasteiger partial charge < -0.3 is 9.64 Å². The van der Waals surface area contributed by atoms with Gasteiger partial charge in [-0.2, -0.15) is 5.10 Å². The highest BCUT2D eigenvalue weighted by molar-refractivity contribution is 6.42. The fourth-order valence-corrected chi connectivity index (χ4v) is 3.14. The maximum atomic E-state index is 12.9. The molecule has 0 saturated carbocycles. The Balaban J connectivity index is 1.87. The quantitative estimate of drug-likeness (QED) is 0.795. The Labute approximate surface area is 151 Å². The molecule has 1 aromatic heterocycles. The number of rotatable bonds is 5. The molecule has 1 unspecified atom stereocenters. The van der Waals surface area contributed by atoms with E-state index in [1.165, 1.54) is 0 Å². The Kier molecular flexibility index (Phi) is 5.01. The van der Waals surface area contributed by atoms with Crippen LogP contribution in [-0.4, -0.2) is 33.7 Å². The van der Waals surface area contributed by atoms with Gasteiger partial charge in [0.1, 0.15) is 6.61 Å². The Morgan fingerprint density at radius 3 is 2.83 bits per heavy atom. The van der Waals surface area contributed by atoms with E-state index in [1.54, 1.807) is 27.8 Å². The molecule has 128 valence electrons. The molecule has 7 heteroatoms. The second-order valence-electron chi connectivity index (χ2n) is 5.79. The average Bonchev–Trinajstić information content (AvgIpc) is 3.15. The number of benzene rings is 1. The zero-order valence-corrected chi connectivity index (χ0v) is 15.1. The van der Waals surface area contributed by atoms with E-state index in [4.69, 9.17) is 27.9 Å². The van der Waals surface area contributed by atoms with Crippen molar-refractivity contribution in [2.45, 2.75) is 32.9 Å². The Morgan fingerprint density at radius 1 is 1.38 bits per heavy atom. The first-order valence-corrected chi connectivity index (χ1v) is 8.73. The van der Waals surface area contributed by atoms with Crippen molar-refractivity contribution in [1.29, 1.82) is 0 Å². The summed E-state index contributed by atoms with van der Waals surface area (Å²) in [6, 6.07) is 7.03. The van der Waals surface area contributed by atoms with Gasteiger partial charge in [-0.3, -0.25) is 4.79 Å². The van der Waals surface area contributed by atoms with Gasteiger partial charge in [0.2, 0.25) is 5.88 Å². The first kappa shape index (κ1) is 17.1. The van der Waals surface area contributed by atoms with Crippen LogP contribution in [0.2, 0.25) is 10.0 Å². The Bertz CT molecular complexity index is 739. The number of carbonyl (C=O) groups is 1. The Hall–Kier alpha value is -1.72. The van der Waals surface area contributed by atoms with Crippen molar-refractivity contribution in [2.24, 2.45) is 0 Å². The summed E-state index contributed by atoms with van der Waals surface area (Å²) >= 11 is 12.1. The first-order chi connectivity index (χ1) is 11.5. The number of carbonyl (C=O) groups excluding carboxylic acids is 1. The third-order valence-corrected chi connectivity index (χ3v) is 4.87. The topological polar surface area (TPSA) is 47.4 Å². The molecular weight excluding hydrogens is 349 g/mol. The standard InChI is InChI=1S/C17H19Cl2N3O2/c1-3-6-21(11(2)12-4-5-13(18)14(19)9-12)17(23)15-10-16-22(20-15)7-8-24-16/h4-5,9-11H,3,6-8H2,1-2H3. The molecule has 0 fully saturated rings. The molecule has 24 heavy (non-hydrogen) atoms. The van der Waals surface area contributed by atoms with Gasteiger partial charge in [-0.1, -0.05) is 36.2 Å². The van der Waals surface area contributed by atoms with Gasteiger partial charge in [-0.05, 0) is 31.0 Å². The number of hydrogen-bond acceptors (Lipinski definition) is 3. The first-order valence-electron chi connectivity index (χ1n) is 7.97. The molecule has 0 spiro atoms. The van der Waals surface area contributed by atoms with Crippen LogP contribution in [0.4, 0.5) is 0 Å². The molecule has 3 rings (SSSR count). The van der Waals surface area contributed by atoms with Gasteiger partial charge in [0, 0.05) is 12.6 Å². The smallest absolute Gasteiger partial charge is 0.275 e. The maximum Gasteiger partial charge on any atom is 0.275 e. The van der Waals surface area contributed by atoms with Gasteiger partial charge in [-0.15, -0.1) is 0 Å². The summed E-state index contributed by atoms with van der Waals surface area (Å²) in [6.45, 7) is 5.93. The number of fused-ring (bicyclic) bond motifs is 1. The molecule has 0 saturated heterocycles. The average molecular weight is 368 g/mol. The number of ether oxygens (including phenoxy) is 1. The number of nitrogens with zero attached hydrogens (tertiary/aromatic N) is 3. The molecule has 1 aliphatic heterocycles. The minimum absolute atomic E-state index is 0.110. The van der Waals surface area contributed by atoms with E-state index in [-0.39, 0.29) is 11.9 Å². The summed E-state index contributed by atoms with van der Waals surface area (Å²) < 4.78 is 7.16. The predicted molar refractivity (Wildman–Crippen MR) is 93.9 cm³/mol. The van der Waals surface area contributed by atoms with Crippen LogP contribution < -0.4 is 4.74 Å². The van der Waals surface area contributed by atoms with Crippen LogP contribution in [0.5, 0.6) is 5.88 Å². The van der Waals surface area contributed by atoms with Crippen molar-refractivity contribution in [3.05, 3.63) is 45.6 Å². The molecule has 0 radical (unpaired) electrons. The molecular formula is C17H19Cl2N3O2. The van der Waals surface area contributed by atoms with Crippen LogP contribution in [0.3, 0.4) is 0 Å². The minimum Gasteiger partial charge on any atom is -0.476 e. The lowest BCUT2D eigenvalue weighted by molar-refractivity contribution is 0.0683. The largest absolute Gasteiger partial charge is 0.476 e. The lowest BCUT2D eigenvalue weighted by Crippen LogP contribution is -2.34. The van der Waals surface area contributed by atoms with Crippen LogP contribution in [0.15, 0.2) is 24.3 Å². The summed E-state index contributed by atoms with van der Waals surface area (Å²) in [5.41, 5.74) is 1.35. The van der Waals surface area contributed by atoms with Crippen LogP contribution in [0.25, 0.3) is 0 Å². The molecule has 0 N–H and O–H groups in total. The van der Waals surface area contributed by atoms with Gasteiger partial charge in [0.15, 0.2) is 5.69 Å². The second kappa shape index (κ2) is 7.03. The summed E-state index contributed by atoms with van der Waals surface area (Å²) in [5, 5.41) is 5.34. The van der Waals surface area contributed by atoms with Gasteiger partial charge in [0.05, 0.1) is 22.6 Å². The lowest BCUT2D eigenvalue weighted by atomic mass is 10.1. The molecule has 1 aliphatic rings. The van der Waals surface area contributed by atoms with Crippen LogP contribution in [0.1, 0.15) is 42.4 Å². The van der Waals surface area contributed by atoms with Gasteiger partial charge in [-0.25, -0.2) is 4.68 Å². The second-order valence-corrected chi connectivity index (χ2v) is 6.60. The molecule has 1 atom stereocenters. The van der Waals surface area contributed by atoms with E-state index in [1.807, 2.05) is 19.9 Å². The molecule has 2 aromatic rings. The molecule has 2 heterocycles. The fraction of sp³-hybridized carbons (Fsp3) is 0.412. The van der Waals surface area contributed by atoms with Crippen molar-refractivity contribution in [2.75, 3.05) is 13.2 Å². The number of halogens is 2. The molecule has 1 aromatic carbocycles. The third-order valence-electron chi connectivity index (χ3n) is 4.13. The van der Waals surface area contributed by atoms with E-state index >= 15 is 0 Å². The zero-order chi connectivity index (χ0) is 17.3. The summed E-state index contributed by atoms with van der Waals surface area (Å²) in [4.78, 5) is 14.7. The Morgan fingerprint density at radius 2 is 2.17 bits per heavy atom. The van der Waals surface area contributed by atoms with Gasteiger partial charge in [0.25, 0.3) is 5.91 Å².